The molecule has 0 fully saturated rings. The highest BCUT2D eigenvalue weighted by molar-refractivity contribution is 7.10. The zero-order valence-corrected chi connectivity index (χ0v) is 14.0. The number of thiophene rings is 1. The van der Waals surface area contributed by atoms with E-state index < -0.39 is 0 Å². The Morgan fingerprint density at radius 2 is 2.13 bits per heavy atom. The monoisotopic (exact) mass is 329 g/mol. The Kier molecular flexibility index (Phi) is 4.73. The minimum Gasteiger partial charge on any atom is -0.356 e. The van der Waals surface area contributed by atoms with Gasteiger partial charge in [0.2, 0.25) is 5.91 Å². The maximum Gasteiger partial charge on any atom is 0.226 e. The molecule has 0 radical (unpaired) electrons. The van der Waals surface area contributed by atoms with Crippen LogP contribution in [0.1, 0.15) is 16.6 Å². The average molecular weight is 329 g/mol. The zero-order chi connectivity index (χ0) is 16.2. The molecule has 1 amide bonds. The summed E-state index contributed by atoms with van der Waals surface area (Å²) in [5, 5.41) is 9.95. The number of benzene rings is 1. The van der Waals surface area contributed by atoms with Crippen LogP contribution in [0.5, 0.6) is 0 Å². The largest absolute Gasteiger partial charge is 0.356 e. The fraction of sp³-hybridized carbons (Fsp3) is 0.294. The number of nitrogens with one attached hydrogen (secondary N) is 1. The molecule has 2 aromatic heterocycles. The Morgan fingerprint density at radius 1 is 1.30 bits per heavy atom. The van der Waals surface area contributed by atoms with E-state index in [1.54, 1.807) is 11.3 Å². The van der Waals surface area contributed by atoms with Crippen LogP contribution in [0.25, 0.3) is 11.0 Å². The Labute approximate surface area is 138 Å². The fourth-order valence-electron chi connectivity index (χ4n) is 2.51. The lowest BCUT2D eigenvalue weighted by Gasteiger charge is -2.23. The minimum atomic E-state index is -0.0486. The molecule has 1 atom stereocenters. The molecule has 0 aliphatic heterocycles. The molecule has 0 saturated heterocycles. The zero-order valence-electron chi connectivity index (χ0n) is 13.2. The number of hydrogen-bond donors (Lipinski definition) is 1. The van der Waals surface area contributed by atoms with Gasteiger partial charge < -0.3 is 14.7 Å². The molecular weight excluding hydrogens is 310 g/mol. The molecule has 23 heavy (non-hydrogen) atoms. The van der Waals surface area contributed by atoms with Crippen LogP contribution in [0.2, 0.25) is 0 Å². The van der Waals surface area contributed by atoms with Crippen LogP contribution < -0.4 is 5.32 Å². The predicted molar refractivity (Wildman–Crippen MR) is 91.5 cm³/mol. The number of hydrogen-bond acceptors (Lipinski definition) is 5. The summed E-state index contributed by atoms with van der Waals surface area (Å²) in [6.07, 6.45) is 0.224. The third kappa shape index (κ3) is 3.60. The summed E-state index contributed by atoms with van der Waals surface area (Å²) < 4.78 is 5.24. The molecule has 1 aromatic carbocycles. The van der Waals surface area contributed by atoms with Gasteiger partial charge in [0.05, 0.1) is 12.5 Å². The van der Waals surface area contributed by atoms with Crippen LogP contribution in [0, 0.1) is 0 Å². The number of carbonyl (C=O) groups excluding carboxylic acids is 1. The van der Waals surface area contributed by atoms with Gasteiger partial charge in [-0.05, 0) is 37.7 Å². The van der Waals surface area contributed by atoms with E-state index in [9.17, 15) is 4.79 Å². The van der Waals surface area contributed by atoms with Crippen molar-refractivity contribution in [1.82, 2.24) is 15.4 Å². The first-order chi connectivity index (χ1) is 11.1. The molecule has 0 aliphatic carbocycles. The van der Waals surface area contributed by atoms with Gasteiger partial charge in [-0.15, -0.1) is 11.3 Å². The summed E-state index contributed by atoms with van der Waals surface area (Å²) in [6.45, 7) is 0.572. The van der Waals surface area contributed by atoms with Crippen molar-refractivity contribution >= 4 is 28.2 Å². The van der Waals surface area contributed by atoms with E-state index in [1.807, 2.05) is 44.4 Å². The number of nitrogens with zero attached hydrogens (tertiary/aromatic N) is 2. The first-order valence-corrected chi connectivity index (χ1v) is 8.33. The predicted octanol–water partition coefficient (Wildman–Crippen LogP) is 2.85. The summed E-state index contributed by atoms with van der Waals surface area (Å²) in [5.74, 6) is -0.0486. The van der Waals surface area contributed by atoms with Gasteiger partial charge >= 0.3 is 0 Å². The first kappa shape index (κ1) is 15.7. The van der Waals surface area contributed by atoms with Crippen LogP contribution in [0.4, 0.5) is 0 Å². The summed E-state index contributed by atoms with van der Waals surface area (Å²) in [7, 11) is 4.03. The quantitative estimate of drug-likeness (QED) is 0.755. The minimum absolute atomic E-state index is 0.0486. The Morgan fingerprint density at radius 3 is 2.87 bits per heavy atom. The lowest BCUT2D eigenvalue weighted by atomic mass is 10.1. The van der Waals surface area contributed by atoms with Gasteiger partial charge in [-0.1, -0.05) is 23.4 Å². The van der Waals surface area contributed by atoms with E-state index in [2.05, 4.69) is 26.8 Å². The molecule has 3 aromatic rings. The Balaban J connectivity index is 1.63. The average Bonchev–Trinajstić information content (AvgIpc) is 3.18. The lowest BCUT2D eigenvalue weighted by molar-refractivity contribution is -0.120. The van der Waals surface area contributed by atoms with E-state index in [-0.39, 0.29) is 18.4 Å². The molecule has 0 spiro atoms. The van der Waals surface area contributed by atoms with Gasteiger partial charge in [-0.3, -0.25) is 4.79 Å². The van der Waals surface area contributed by atoms with Gasteiger partial charge in [0.1, 0.15) is 5.69 Å². The van der Waals surface area contributed by atoms with Gasteiger partial charge in [-0.2, -0.15) is 0 Å². The van der Waals surface area contributed by atoms with Gasteiger partial charge in [0.15, 0.2) is 5.58 Å². The molecule has 1 unspecified atom stereocenters. The van der Waals surface area contributed by atoms with Gasteiger partial charge in [0, 0.05) is 16.8 Å². The van der Waals surface area contributed by atoms with Crippen molar-refractivity contribution in [3.63, 3.8) is 0 Å². The highest BCUT2D eigenvalue weighted by atomic mass is 32.1. The number of para-hydroxylation sites is 1. The van der Waals surface area contributed by atoms with Crippen LogP contribution in [0.15, 0.2) is 46.3 Å². The van der Waals surface area contributed by atoms with Crippen LogP contribution >= 0.6 is 11.3 Å². The smallest absolute Gasteiger partial charge is 0.226 e. The number of aromatic nitrogens is 1. The molecule has 120 valence electrons. The number of carbonyl (C=O) groups is 1. The fourth-order valence-corrected chi connectivity index (χ4v) is 3.43. The molecule has 2 heterocycles. The SMILES string of the molecule is CN(C)C(CNC(=O)Cc1noc2ccccc12)c1cccs1. The second kappa shape index (κ2) is 6.93. The van der Waals surface area contributed by atoms with Crippen LogP contribution in [-0.2, 0) is 11.2 Å². The maximum absolute atomic E-state index is 12.2. The Hall–Kier alpha value is -2.18. The number of fused-ring (bicyclic) bond motifs is 1. The Bertz CT molecular complexity index is 780. The molecule has 6 heteroatoms. The molecule has 0 saturated carbocycles. The van der Waals surface area contributed by atoms with Crippen molar-refractivity contribution in [2.75, 3.05) is 20.6 Å². The molecular formula is C17H19N3O2S. The molecule has 0 bridgehead atoms. The van der Waals surface area contributed by atoms with Crippen molar-refractivity contribution < 1.29 is 9.32 Å². The molecule has 0 aliphatic rings. The summed E-state index contributed by atoms with van der Waals surface area (Å²) >= 11 is 1.70. The van der Waals surface area contributed by atoms with Crippen molar-refractivity contribution in [3.8, 4) is 0 Å². The van der Waals surface area contributed by atoms with E-state index in [0.29, 0.717) is 17.8 Å². The van der Waals surface area contributed by atoms with E-state index >= 15 is 0 Å². The number of amides is 1. The van der Waals surface area contributed by atoms with Gasteiger partial charge in [0.25, 0.3) is 0 Å². The normalized spacial score (nSPS) is 12.7. The lowest BCUT2D eigenvalue weighted by Crippen LogP contribution is -2.35. The maximum atomic E-state index is 12.2. The molecule has 5 nitrogen and oxygen atoms in total. The summed E-state index contributed by atoms with van der Waals surface area (Å²) in [4.78, 5) is 15.6. The third-order valence-corrected chi connectivity index (χ3v) is 4.74. The third-order valence-electron chi connectivity index (χ3n) is 3.77. The van der Waals surface area contributed by atoms with Crippen molar-refractivity contribution in [1.29, 1.82) is 0 Å². The van der Waals surface area contributed by atoms with Crippen molar-refractivity contribution in [2.45, 2.75) is 12.5 Å². The second-order valence-corrected chi connectivity index (χ2v) is 6.58. The van der Waals surface area contributed by atoms with Gasteiger partial charge in [-0.25, -0.2) is 0 Å². The van der Waals surface area contributed by atoms with E-state index in [0.717, 1.165) is 5.39 Å². The highest BCUT2D eigenvalue weighted by Crippen LogP contribution is 2.22. The molecule has 1 N–H and O–H groups in total. The standard InChI is InChI=1S/C17H19N3O2S/c1-20(2)14(16-8-5-9-23-16)11-18-17(21)10-13-12-6-3-4-7-15(12)22-19-13/h3-9,14H,10-11H2,1-2H3,(H,18,21). The van der Waals surface area contributed by atoms with Crippen molar-refractivity contribution in [2.24, 2.45) is 0 Å². The van der Waals surface area contributed by atoms with Crippen LogP contribution in [0.3, 0.4) is 0 Å². The van der Waals surface area contributed by atoms with Crippen LogP contribution in [-0.4, -0.2) is 36.6 Å². The second-order valence-electron chi connectivity index (χ2n) is 5.60. The summed E-state index contributed by atoms with van der Waals surface area (Å²) in [5.41, 5.74) is 1.38. The number of rotatable bonds is 6. The number of likely N-dealkylation sites (N-methyl/N-ethyl adjacent to an activating group) is 1. The first-order valence-electron chi connectivity index (χ1n) is 7.45. The topological polar surface area (TPSA) is 58.4 Å². The van der Waals surface area contributed by atoms with E-state index in [4.69, 9.17) is 4.52 Å². The highest BCUT2D eigenvalue weighted by Gasteiger charge is 2.17. The van der Waals surface area contributed by atoms with E-state index in [1.165, 1.54) is 4.88 Å². The van der Waals surface area contributed by atoms with Crippen molar-refractivity contribution in [3.05, 3.63) is 52.3 Å². The summed E-state index contributed by atoms with van der Waals surface area (Å²) in [6, 6.07) is 11.9. The molecule has 3 rings (SSSR count).